The van der Waals surface area contributed by atoms with E-state index in [2.05, 4.69) is 0 Å². The minimum absolute atomic E-state index is 0.115. The van der Waals surface area contributed by atoms with Crippen LogP contribution in [0, 0.1) is 0 Å². The summed E-state index contributed by atoms with van der Waals surface area (Å²) < 4.78 is 0. The standard InChI is InChI=1S/C12H8O2/c13-8-7-11-10-4-2-1-3-9(10)5-6-12(11)14/h1-8H. The number of fused-ring (bicyclic) bond motifs is 1. The van der Waals surface area contributed by atoms with Gasteiger partial charge in [-0.15, -0.1) is 0 Å². The Morgan fingerprint density at radius 3 is 2.64 bits per heavy atom. The maximum Gasteiger partial charge on any atom is 0.186 e. The van der Waals surface area contributed by atoms with E-state index in [0.717, 1.165) is 11.1 Å². The van der Waals surface area contributed by atoms with Crippen molar-refractivity contribution in [2.24, 2.45) is 0 Å². The number of ketones is 1. The first-order valence-electron chi connectivity index (χ1n) is 4.30. The lowest BCUT2D eigenvalue weighted by atomic mass is 9.91. The predicted molar refractivity (Wildman–Crippen MR) is 54.5 cm³/mol. The Morgan fingerprint density at radius 1 is 1.07 bits per heavy atom. The van der Waals surface area contributed by atoms with E-state index >= 15 is 0 Å². The van der Waals surface area contributed by atoms with E-state index in [4.69, 9.17) is 0 Å². The first-order valence-corrected chi connectivity index (χ1v) is 4.30. The molecular formula is C12H8O2. The van der Waals surface area contributed by atoms with Crippen LogP contribution in [0.5, 0.6) is 0 Å². The second-order valence-electron chi connectivity index (χ2n) is 3.00. The fourth-order valence-electron chi connectivity index (χ4n) is 1.52. The largest absolute Gasteiger partial charge is 0.299 e. The highest BCUT2D eigenvalue weighted by atomic mass is 16.1. The van der Waals surface area contributed by atoms with Crippen LogP contribution in [-0.2, 0) is 9.59 Å². The van der Waals surface area contributed by atoms with Crippen LogP contribution in [0.3, 0.4) is 0 Å². The van der Waals surface area contributed by atoms with Gasteiger partial charge >= 0.3 is 0 Å². The highest BCUT2D eigenvalue weighted by Crippen LogP contribution is 2.25. The Balaban J connectivity index is 2.64. The van der Waals surface area contributed by atoms with Crippen molar-refractivity contribution >= 4 is 23.7 Å². The lowest BCUT2D eigenvalue weighted by molar-refractivity contribution is -0.110. The van der Waals surface area contributed by atoms with Gasteiger partial charge in [-0.2, -0.15) is 0 Å². The molecule has 0 N–H and O–H groups in total. The average molecular weight is 184 g/mol. The third kappa shape index (κ3) is 1.31. The van der Waals surface area contributed by atoms with E-state index in [0.29, 0.717) is 11.9 Å². The zero-order chi connectivity index (χ0) is 9.97. The maximum atomic E-state index is 11.4. The van der Waals surface area contributed by atoms with E-state index in [1.165, 1.54) is 12.2 Å². The lowest BCUT2D eigenvalue weighted by Gasteiger charge is -2.11. The van der Waals surface area contributed by atoms with E-state index in [1.807, 2.05) is 24.3 Å². The number of carbonyl (C=O) groups is 2. The topological polar surface area (TPSA) is 34.1 Å². The van der Waals surface area contributed by atoms with Crippen LogP contribution in [0.15, 0.2) is 36.4 Å². The summed E-state index contributed by atoms with van der Waals surface area (Å²) >= 11 is 0. The molecule has 0 spiro atoms. The molecule has 0 bridgehead atoms. The van der Waals surface area contributed by atoms with Crippen molar-refractivity contribution in [3.05, 3.63) is 47.5 Å². The van der Waals surface area contributed by atoms with E-state index in [-0.39, 0.29) is 5.78 Å². The number of hydrogen-bond acceptors (Lipinski definition) is 2. The molecule has 0 saturated heterocycles. The van der Waals surface area contributed by atoms with Gasteiger partial charge in [-0.1, -0.05) is 30.3 Å². The molecule has 0 amide bonds. The second kappa shape index (κ2) is 3.42. The first-order chi connectivity index (χ1) is 6.83. The molecule has 0 fully saturated rings. The van der Waals surface area contributed by atoms with Crippen molar-refractivity contribution in [1.82, 2.24) is 0 Å². The highest BCUT2D eigenvalue weighted by molar-refractivity contribution is 6.31. The van der Waals surface area contributed by atoms with E-state index in [1.54, 1.807) is 6.08 Å². The van der Waals surface area contributed by atoms with Crippen LogP contribution in [0.4, 0.5) is 0 Å². The molecule has 0 aromatic heterocycles. The molecule has 2 rings (SSSR count). The van der Waals surface area contributed by atoms with Gasteiger partial charge < -0.3 is 0 Å². The Bertz CT molecular complexity index is 453. The summed E-state index contributed by atoms with van der Waals surface area (Å²) in [6.45, 7) is 0. The number of carbonyl (C=O) groups excluding carboxylic acids is 2. The molecule has 1 aromatic rings. The molecule has 0 aliphatic heterocycles. The van der Waals surface area contributed by atoms with Crippen molar-refractivity contribution in [2.45, 2.75) is 0 Å². The van der Waals surface area contributed by atoms with Gasteiger partial charge in [-0.05, 0) is 23.3 Å². The summed E-state index contributed by atoms with van der Waals surface area (Å²) in [5.74, 6) is -0.115. The molecule has 0 radical (unpaired) electrons. The normalized spacial score (nSPS) is 16.9. The van der Waals surface area contributed by atoms with E-state index in [9.17, 15) is 9.59 Å². The van der Waals surface area contributed by atoms with Gasteiger partial charge in [0.05, 0.1) is 0 Å². The zero-order valence-electron chi connectivity index (χ0n) is 7.44. The zero-order valence-corrected chi connectivity index (χ0v) is 7.44. The van der Waals surface area contributed by atoms with Gasteiger partial charge in [0.15, 0.2) is 5.78 Å². The predicted octanol–water partition coefficient (Wildman–Crippen LogP) is 1.86. The third-order valence-corrected chi connectivity index (χ3v) is 2.17. The number of rotatable bonds is 1. The third-order valence-electron chi connectivity index (χ3n) is 2.17. The van der Waals surface area contributed by atoms with Crippen LogP contribution in [0.1, 0.15) is 11.1 Å². The number of aldehydes is 1. The molecule has 0 saturated carbocycles. The number of allylic oxidation sites excluding steroid dienone is 3. The van der Waals surface area contributed by atoms with E-state index < -0.39 is 0 Å². The summed E-state index contributed by atoms with van der Waals surface area (Å²) in [6, 6.07) is 7.50. The van der Waals surface area contributed by atoms with Gasteiger partial charge in [0.1, 0.15) is 6.29 Å². The van der Waals surface area contributed by atoms with Crippen molar-refractivity contribution < 1.29 is 9.59 Å². The molecule has 68 valence electrons. The fraction of sp³-hybridized carbons (Fsp3) is 0. The van der Waals surface area contributed by atoms with Crippen LogP contribution in [-0.4, -0.2) is 12.1 Å². The van der Waals surface area contributed by atoms with Crippen molar-refractivity contribution in [1.29, 1.82) is 0 Å². The summed E-state index contributed by atoms with van der Waals surface area (Å²) in [5, 5.41) is 0. The smallest absolute Gasteiger partial charge is 0.186 e. The Labute approximate surface area is 81.6 Å². The Morgan fingerprint density at radius 2 is 1.86 bits per heavy atom. The lowest BCUT2D eigenvalue weighted by Crippen LogP contribution is -2.04. The second-order valence-corrected chi connectivity index (χ2v) is 3.00. The molecule has 0 unspecified atom stereocenters. The molecule has 1 aliphatic rings. The van der Waals surface area contributed by atoms with Crippen LogP contribution < -0.4 is 0 Å². The molecule has 0 heterocycles. The maximum absolute atomic E-state index is 11.4. The van der Waals surface area contributed by atoms with Gasteiger partial charge in [-0.3, -0.25) is 9.59 Å². The summed E-state index contributed by atoms with van der Waals surface area (Å²) in [7, 11) is 0. The highest BCUT2D eigenvalue weighted by Gasteiger charge is 2.15. The van der Waals surface area contributed by atoms with Crippen molar-refractivity contribution in [2.75, 3.05) is 0 Å². The molecule has 1 aliphatic carbocycles. The Hall–Kier alpha value is -1.96. The van der Waals surface area contributed by atoms with Crippen molar-refractivity contribution in [3.8, 4) is 0 Å². The minimum Gasteiger partial charge on any atom is -0.299 e. The fourth-order valence-corrected chi connectivity index (χ4v) is 1.52. The quantitative estimate of drug-likeness (QED) is 0.493. The van der Waals surface area contributed by atoms with Crippen LogP contribution >= 0.6 is 0 Å². The Kier molecular flexibility index (Phi) is 2.11. The number of hydrogen-bond donors (Lipinski definition) is 0. The number of benzene rings is 1. The SMILES string of the molecule is O=CC=C1C(=O)C=Cc2ccccc21. The minimum atomic E-state index is -0.115. The summed E-state index contributed by atoms with van der Waals surface area (Å²) in [4.78, 5) is 21.8. The summed E-state index contributed by atoms with van der Waals surface area (Å²) in [5.41, 5.74) is 2.27. The molecule has 14 heavy (non-hydrogen) atoms. The molecular weight excluding hydrogens is 176 g/mol. The van der Waals surface area contributed by atoms with Crippen LogP contribution in [0.25, 0.3) is 11.6 Å². The van der Waals surface area contributed by atoms with Gasteiger partial charge in [0, 0.05) is 5.57 Å². The average Bonchev–Trinajstić information content (AvgIpc) is 2.23. The first kappa shape index (κ1) is 8.63. The molecule has 0 atom stereocenters. The van der Waals surface area contributed by atoms with Gasteiger partial charge in [0.2, 0.25) is 0 Å². The molecule has 2 nitrogen and oxygen atoms in total. The monoisotopic (exact) mass is 184 g/mol. The van der Waals surface area contributed by atoms with Crippen LogP contribution in [0.2, 0.25) is 0 Å². The summed E-state index contributed by atoms with van der Waals surface area (Å²) in [6.07, 6.45) is 5.20. The van der Waals surface area contributed by atoms with Gasteiger partial charge in [-0.25, -0.2) is 0 Å². The molecule has 1 aromatic carbocycles. The molecule has 2 heteroatoms. The van der Waals surface area contributed by atoms with Crippen molar-refractivity contribution in [3.63, 3.8) is 0 Å². The van der Waals surface area contributed by atoms with Gasteiger partial charge in [0.25, 0.3) is 0 Å².